The Kier molecular flexibility index (Phi) is 6.08. The van der Waals surface area contributed by atoms with Gasteiger partial charge in [0.2, 0.25) is 0 Å². The van der Waals surface area contributed by atoms with Gasteiger partial charge in [-0.05, 0) is 55.0 Å². The molecule has 0 saturated heterocycles. The van der Waals surface area contributed by atoms with Gasteiger partial charge in [0, 0.05) is 23.6 Å². The van der Waals surface area contributed by atoms with Gasteiger partial charge in [0.25, 0.3) is 0 Å². The minimum Gasteiger partial charge on any atom is -0.497 e. The molecule has 6 nitrogen and oxygen atoms in total. The van der Waals surface area contributed by atoms with Crippen molar-refractivity contribution in [2.24, 2.45) is 0 Å². The molecule has 0 bridgehead atoms. The van der Waals surface area contributed by atoms with Crippen LogP contribution in [0.15, 0.2) is 53.3 Å². The number of aromatic nitrogens is 3. The van der Waals surface area contributed by atoms with Gasteiger partial charge in [-0.2, -0.15) is 10.1 Å². The second-order valence-corrected chi connectivity index (χ2v) is 6.19. The maximum atomic E-state index is 12.4. The molecule has 0 amide bonds. The number of halogens is 1. The summed E-state index contributed by atoms with van der Waals surface area (Å²) in [6.07, 6.45) is 0.639. The number of hydrogen-bond acceptors (Lipinski definition) is 5. The number of ether oxygens (including phenoxy) is 2. The standard InChI is InChI=1S/C20H20ClN3O3/c1-26-16-8-4-14(5-9-16)18-19(15-6-10-17(27-2)11-7-15)23-24(13-3-12-21)20(25)22-18/h4-11H,3,12-13H2,1-2H3. The molecular weight excluding hydrogens is 366 g/mol. The van der Waals surface area contributed by atoms with Crippen molar-refractivity contribution in [2.45, 2.75) is 13.0 Å². The smallest absolute Gasteiger partial charge is 0.364 e. The molecule has 0 spiro atoms. The van der Waals surface area contributed by atoms with Crippen molar-refractivity contribution in [3.8, 4) is 34.0 Å². The van der Waals surface area contributed by atoms with E-state index in [1.807, 2.05) is 48.5 Å². The molecule has 7 heteroatoms. The van der Waals surface area contributed by atoms with E-state index in [0.717, 1.165) is 22.6 Å². The van der Waals surface area contributed by atoms with Gasteiger partial charge >= 0.3 is 5.69 Å². The molecule has 0 aliphatic carbocycles. The summed E-state index contributed by atoms with van der Waals surface area (Å²) in [6.45, 7) is 0.418. The fourth-order valence-electron chi connectivity index (χ4n) is 2.67. The largest absolute Gasteiger partial charge is 0.497 e. The second kappa shape index (κ2) is 8.68. The Balaban J connectivity index is 2.14. The van der Waals surface area contributed by atoms with Crippen LogP contribution in [-0.2, 0) is 6.54 Å². The highest BCUT2D eigenvalue weighted by atomic mass is 35.5. The van der Waals surface area contributed by atoms with Crippen LogP contribution in [0.2, 0.25) is 0 Å². The third-order valence-electron chi connectivity index (χ3n) is 4.10. The molecule has 27 heavy (non-hydrogen) atoms. The van der Waals surface area contributed by atoms with Crippen LogP contribution >= 0.6 is 11.6 Å². The molecule has 1 aromatic heterocycles. The normalized spacial score (nSPS) is 10.6. The third-order valence-corrected chi connectivity index (χ3v) is 4.37. The van der Waals surface area contributed by atoms with Crippen molar-refractivity contribution >= 4 is 11.6 Å². The lowest BCUT2D eigenvalue weighted by atomic mass is 10.0. The van der Waals surface area contributed by atoms with E-state index >= 15 is 0 Å². The van der Waals surface area contributed by atoms with E-state index in [1.165, 1.54) is 4.68 Å². The van der Waals surface area contributed by atoms with Crippen LogP contribution in [0.5, 0.6) is 11.5 Å². The highest BCUT2D eigenvalue weighted by Gasteiger charge is 2.15. The van der Waals surface area contributed by atoms with E-state index in [0.29, 0.717) is 30.2 Å². The molecule has 0 atom stereocenters. The highest BCUT2D eigenvalue weighted by Crippen LogP contribution is 2.29. The Morgan fingerprint density at radius 1 is 0.889 bits per heavy atom. The van der Waals surface area contributed by atoms with Crippen LogP contribution in [0.3, 0.4) is 0 Å². The summed E-state index contributed by atoms with van der Waals surface area (Å²) in [6, 6.07) is 14.9. The Labute approximate surface area is 162 Å². The molecule has 3 aromatic rings. The fourth-order valence-corrected chi connectivity index (χ4v) is 2.79. The lowest BCUT2D eigenvalue weighted by molar-refractivity contribution is 0.414. The summed E-state index contributed by atoms with van der Waals surface area (Å²) < 4.78 is 11.8. The van der Waals surface area contributed by atoms with Crippen molar-refractivity contribution in [3.63, 3.8) is 0 Å². The number of alkyl halides is 1. The van der Waals surface area contributed by atoms with Gasteiger partial charge in [-0.25, -0.2) is 9.48 Å². The van der Waals surface area contributed by atoms with E-state index in [9.17, 15) is 4.79 Å². The quantitative estimate of drug-likeness (QED) is 0.581. The second-order valence-electron chi connectivity index (χ2n) is 5.81. The number of methoxy groups -OCH3 is 2. The molecule has 0 N–H and O–H groups in total. The van der Waals surface area contributed by atoms with Gasteiger partial charge < -0.3 is 9.47 Å². The molecule has 0 saturated carbocycles. The summed E-state index contributed by atoms with van der Waals surface area (Å²) in [4.78, 5) is 16.7. The number of hydrogen-bond donors (Lipinski definition) is 0. The molecule has 2 aromatic carbocycles. The van der Waals surface area contributed by atoms with Crippen LogP contribution in [0.1, 0.15) is 6.42 Å². The molecule has 0 fully saturated rings. The Morgan fingerprint density at radius 2 is 1.41 bits per heavy atom. The number of benzene rings is 2. The number of nitrogens with zero attached hydrogens (tertiary/aromatic N) is 3. The zero-order chi connectivity index (χ0) is 19.2. The SMILES string of the molecule is COc1ccc(-c2nc(=O)n(CCCCl)nc2-c2ccc(OC)cc2)cc1. The van der Waals surface area contributed by atoms with Gasteiger partial charge in [-0.1, -0.05) is 0 Å². The average molecular weight is 386 g/mol. The van der Waals surface area contributed by atoms with E-state index in [2.05, 4.69) is 10.1 Å². The zero-order valence-electron chi connectivity index (χ0n) is 15.2. The average Bonchev–Trinajstić information content (AvgIpc) is 2.73. The summed E-state index contributed by atoms with van der Waals surface area (Å²) in [5.74, 6) is 1.92. The predicted molar refractivity (Wildman–Crippen MR) is 106 cm³/mol. The first-order valence-corrected chi connectivity index (χ1v) is 9.03. The van der Waals surface area contributed by atoms with Gasteiger partial charge in [0.05, 0.1) is 14.2 Å². The Morgan fingerprint density at radius 3 is 1.89 bits per heavy atom. The molecular formula is C20H20ClN3O3. The molecule has 140 valence electrons. The molecule has 0 aliphatic rings. The minimum atomic E-state index is -0.400. The van der Waals surface area contributed by atoms with E-state index < -0.39 is 5.69 Å². The van der Waals surface area contributed by atoms with E-state index in [-0.39, 0.29) is 0 Å². The lowest BCUT2D eigenvalue weighted by Gasteiger charge is -2.12. The molecule has 3 rings (SSSR count). The predicted octanol–water partition coefficient (Wildman–Crippen LogP) is 3.62. The minimum absolute atomic E-state index is 0.400. The summed E-state index contributed by atoms with van der Waals surface area (Å²) in [5.41, 5.74) is 2.37. The summed E-state index contributed by atoms with van der Waals surface area (Å²) >= 11 is 5.76. The van der Waals surface area contributed by atoms with Crippen LogP contribution < -0.4 is 15.2 Å². The highest BCUT2D eigenvalue weighted by molar-refractivity contribution is 6.17. The van der Waals surface area contributed by atoms with Crippen LogP contribution in [0.25, 0.3) is 22.5 Å². The first kappa shape index (κ1) is 18.9. The Hall–Kier alpha value is -2.86. The van der Waals surface area contributed by atoms with Crippen LogP contribution in [-0.4, -0.2) is 34.9 Å². The van der Waals surface area contributed by atoms with E-state index in [4.69, 9.17) is 21.1 Å². The maximum absolute atomic E-state index is 12.4. The monoisotopic (exact) mass is 385 g/mol. The van der Waals surface area contributed by atoms with Crippen molar-refractivity contribution < 1.29 is 9.47 Å². The van der Waals surface area contributed by atoms with Crippen LogP contribution in [0, 0.1) is 0 Å². The van der Waals surface area contributed by atoms with Crippen molar-refractivity contribution in [3.05, 3.63) is 59.0 Å². The first-order valence-electron chi connectivity index (χ1n) is 8.50. The number of aryl methyl sites for hydroxylation is 1. The maximum Gasteiger partial charge on any atom is 0.364 e. The lowest BCUT2D eigenvalue weighted by Crippen LogP contribution is -2.27. The van der Waals surface area contributed by atoms with Gasteiger partial charge in [-0.3, -0.25) is 0 Å². The Bertz CT molecular complexity index is 954. The molecule has 0 unspecified atom stereocenters. The summed E-state index contributed by atoms with van der Waals surface area (Å²) in [7, 11) is 3.22. The fraction of sp³-hybridized carbons (Fsp3) is 0.250. The zero-order valence-corrected chi connectivity index (χ0v) is 15.9. The van der Waals surface area contributed by atoms with Crippen LogP contribution in [0.4, 0.5) is 0 Å². The third kappa shape index (κ3) is 4.28. The molecule has 0 aliphatic heterocycles. The van der Waals surface area contributed by atoms with Gasteiger partial charge in [0.15, 0.2) is 0 Å². The molecule has 0 radical (unpaired) electrons. The van der Waals surface area contributed by atoms with Gasteiger partial charge in [0.1, 0.15) is 22.9 Å². The van der Waals surface area contributed by atoms with Crippen molar-refractivity contribution in [1.29, 1.82) is 0 Å². The van der Waals surface area contributed by atoms with Crippen molar-refractivity contribution in [1.82, 2.24) is 14.8 Å². The van der Waals surface area contributed by atoms with E-state index in [1.54, 1.807) is 14.2 Å². The number of rotatable bonds is 7. The van der Waals surface area contributed by atoms with Crippen molar-refractivity contribution in [2.75, 3.05) is 20.1 Å². The topological polar surface area (TPSA) is 66.2 Å². The summed E-state index contributed by atoms with van der Waals surface area (Å²) in [5, 5.41) is 4.57. The molecule has 1 heterocycles. The first-order chi connectivity index (χ1) is 13.2. The van der Waals surface area contributed by atoms with Gasteiger partial charge in [-0.15, -0.1) is 11.6 Å².